The van der Waals surface area contributed by atoms with Gasteiger partial charge < -0.3 is 15.0 Å². The van der Waals surface area contributed by atoms with Gasteiger partial charge in [-0.3, -0.25) is 9.59 Å². The molecule has 2 amide bonds. The van der Waals surface area contributed by atoms with Crippen LogP contribution >= 0.6 is 11.6 Å². The van der Waals surface area contributed by atoms with Crippen LogP contribution < -0.4 is 10.1 Å². The summed E-state index contributed by atoms with van der Waals surface area (Å²) in [5, 5.41) is 3.27. The molecule has 5 nitrogen and oxygen atoms in total. The van der Waals surface area contributed by atoms with Crippen LogP contribution in [-0.2, 0) is 16.1 Å². The maximum Gasteiger partial charge on any atom is 0.261 e. The number of nitrogens with one attached hydrogen (secondary N) is 1. The molecule has 0 saturated heterocycles. The number of likely N-dealkylation sites (N-methyl/N-ethyl adjacent to an activating group) is 1. The van der Waals surface area contributed by atoms with Gasteiger partial charge >= 0.3 is 0 Å². The molecule has 1 N–H and O–H groups in total. The molecule has 0 spiro atoms. The molecule has 6 heteroatoms. The number of halogens is 1. The minimum Gasteiger partial charge on any atom is -0.483 e. The highest BCUT2D eigenvalue weighted by Crippen LogP contribution is 2.26. The maximum atomic E-state index is 13.1. The van der Waals surface area contributed by atoms with Crippen molar-refractivity contribution in [1.29, 1.82) is 0 Å². The van der Waals surface area contributed by atoms with Gasteiger partial charge in [-0.2, -0.15) is 0 Å². The van der Waals surface area contributed by atoms with Crippen LogP contribution in [-0.4, -0.2) is 36.4 Å². The van der Waals surface area contributed by atoms with Gasteiger partial charge in [-0.25, -0.2) is 0 Å². The lowest BCUT2D eigenvalue weighted by Crippen LogP contribution is -2.49. The van der Waals surface area contributed by atoms with E-state index in [9.17, 15) is 9.59 Å². The van der Waals surface area contributed by atoms with Gasteiger partial charge in [-0.05, 0) is 41.7 Å². The van der Waals surface area contributed by atoms with E-state index < -0.39 is 6.04 Å². The van der Waals surface area contributed by atoms with Crippen LogP contribution in [0.25, 0.3) is 0 Å². The highest BCUT2D eigenvalue weighted by molar-refractivity contribution is 6.30. The number of benzene rings is 2. The van der Waals surface area contributed by atoms with Crippen LogP contribution in [0.1, 0.15) is 44.2 Å². The van der Waals surface area contributed by atoms with E-state index in [1.165, 1.54) is 0 Å². The van der Waals surface area contributed by atoms with Crippen LogP contribution in [0.5, 0.6) is 5.75 Å². The summed E-state index contributed by atoms with van der Waals surface area (Å²) in [5.41, 5.74) is 1.94. The smallest absolute Gasteiger partial charge is 0.261 e. The van der Waals surface area contributed by atoms with Crippen molar-refractivity contribution in [1.82, 2.24) is 10.2 Å². The van der Waals surface area contributed by atoms with Crippen molar-refractivity contribution < 1.29 is 14.3 Å². The summed E-state index contributed by atoms with van der Waals surface area (Å²) in [7, 11) is 1.57. The number of amides is 2. The molecule has 2 aromatic rings. The van der Waals surface area contributed by atoms with Gasteiger partial charge in [0.2, 0.25) is 5.91 Å². The monoisotopic (exact) mass is 416 g/mol. The third kappa shape index (κ3) is 6.23. The standard InChI is InChI=1S/C23H29ClN2O3/c1-5-20(23(28)25-4)26(14-17-10-12-18(24)13-11-17)22(27)15-29-21-9-7-6-8-19(21)16(2)3/h6-13,16,20H,5,14-15H2,1-4H3,(H,25,28)/t20-/m0/s1. The molecular weight excluding hydrogens is 388 g/mol. The topological polar surface area (TPSA) is 58.6 Å². The molecule has 1 atom stereocenters. The first-order valence-corrected chi connectivity index (χ1v) is 10.2. The first-order chi connectivity index (χ1) is 13.9. The Hall–Kier alpha value is -2.53. The molecule has 0 aliphatic rings. The maximum absolute atomic E-state index is 13.1. The van der Waals surface area contributed by atoms with Gasteiger partial charge in [-0.15, -0.1) is 0 Å². The Kier molecular flexibility index (Phi) is 8.52. The predicted octanol–water partition coefficient (Wildman–Crippen LogP) is 4.40. The number of para-hydroxylation sites is 1. The van der Waals surface area contributed by atoms with Gasteiger partial charge in [0.1, 0.15) is 11.8 Å². The summed E-state index contributed by atoms with van der Waals surface area (Å²) in [6.07, 6.45) is 0.502. The van der Waals surface area contributed by atoms with Crippen molar-refractivity contribution in [3.63, 3.8) is 0 Å². The summed E-state index contributed by atoms with van der Waals surface area (Å²) < 4.78 is 5.86. The molecule has 0 bridgehead atoms. The van der Waals surface area contributed by atoms with Gasteiger partial charge in [0.15, 0.2) is 6.61 Å². The minimum absolute atomic E-state index is 0.134. The summed E-state index contributed by atoms with van der Waals surface area (Å²) in [4.78, 5) is 27.0. The summed E-state index contributed by atoms with van der Waals surface area (Å²) in [6.45, 7) is 6.21. The highest BCUT2D eigenvalue weighted by atomic mass is 35.5. The third-order valence-corrected chi connectivity index (χ3v) is 5.04. The van der Waals surface area contributed by atoms with Crippen molar-refractivity contribution in [2.75, 3.05) is 13.7 Å². The molecule has 0 unspecified atom stereocenters. The predicted molar refractivity (Wildman–Crippen MR) is 116 cm³/mol. The Morgan fingerprint density at radius 3 is 2.34 bits per heavy atom. The van der Waals surface area contributed by atoms with E-state index in [2.05, 4.69) is 19.2 Å². The van der Waals surface area contributed by atoms with Gasteiger partial charge in [0, 0.05) is 18.6 Å². The van der Waals surface area contributed by atoms with E-state index in [1.54, 1.807) is 24.1 Å². The Morgan fingerprint density at radius 1 is 1.10 bits per heavy atom. The molecule has 0 aromatic heterocycles. The second-order valence-electron chi connectivity index (χ2n) is 7.17. The fraction of sp³-hybridized carbons (Fsp3) is 0.391. The van der Waals surface area contributed by atoms with Crippen molar-refractivity contribution in [2.24, 2.45) is 0 Å². The molecule has 0 radical (unpaired) electrons. The Labute approximate surface area is 178 Å². The summed E-state index contributed by atoms with van der Waals surface area (Å²) >= 11 is 5.97. The van der Waals surface area contributed by atoms with Crippen LogP contribution in [0.2, 0.25) is 5.02 Å². The second-order valence-corrected chi connectivity index (χ2v) is 7.60. The van der Waals surface area contributed by atoms with E-state index in [0.29, 0.717) is 23.7 Å². The van der Waals surface area contributed by atoms with E-state index in [-0.39, 0.29) is 24.3 Å². The quantitative estimate of drug-likeness (QED) is 0.659. The number of nitrogens with zero attached hydrogens (tertiary/aromatic N) is 1. The first-order valence-electron chi connectivity index (χ1n) is 9.84. The minimum atomic E-state index is -0.577. The van der Waals surface area contributed by atoms with Crippen molar-refractivity contribution >= 4 is 23.4 Å². The normalized spacial score (nSPS) is 11.8. The zero-order valence-corrected chi connectivity index (χ0v) is 18.2. The van der Waals surface area contributed by atoms with Crippen molar-refractivity contribution in [3.05, 3.63) is 64.7 Å². The number of ether oxygens (including phenoxy) is 1. The van der Waals surface area contributed by atoms with Crippen LogP contribution in [0.15, 0.2) is 48.5 Å². The van der Waals surface area contributed by atoms with E-state index >= 15 is 0 Å². The molecular formula is C23H29ClN2O3. The molecule has 0 heterocycles. The van der Waals surface area contributed by atoms with Crippen molar-refractivity contribution in [2.45, 2.75) is 45.7 Å². The molecule has 0 fully saturated rings. The first kappa shape index (κ1) is 22.8. The highest BCUT2D eigenvalue weighted by Gasteiger charge is 2.28. The Bertz CT molecular complexity index is 821. The zero-order valence-electron chi connectivity index (χ0n) is 17.4. The number of rotatable bonds is 9. The van der Waals surface area contributed by atoms with Gasteiger partial charge in [-0.1, -0.05) is 62.7 Å². The second kappa shape index (κ2) is 10.9. The zero-order chi connectivity index (χ0) is 21.4. The fourth-order valence-electron chi connectivity index (χ4n) is 3.18. The fourth-order valence-corrected chi connectivity index (χ4v) is 3.31. The SMILES string of the molecule is CC[C@@H](C(=O)NC)N(Cc1ccc(Cl)cc1)C(=O)COc1ccccc1C(C)C. The van der Waals surface area contributed by atoms with Crippen LogP contribution in [0.3, 0.4) is 0 Å². The Morgan fingerprint density at radius 2 is 1.76 bits per heavy atom. The van der Waals surface area contributed by atoms with Gasteiger partial charge in [0.25, 0.3) is 5.91 Å². The van der Waals surface area contributed by atoms with Crippen LogP contribution in [0.4, 0.5) is 0 Å². The van der Waals surface area contributed by atoms with E-state index in [4.69, 9.17) is 16.3 Å². The average Bonchev–Trinajstić information content (AvgIpc) is 2.73. The summed E-state index contributed by atoms with van der Waals surface area (Å²) in [6, 6.07) is 14.4. The number of carbonyl (C=O) groups is 2. The summed E-state index contributed by atoms with van der Waals surface area (Å²) in [5.74, 6) is 0.530. The van der Waals surface area contributed by atoms with E-state index in [0.717, 1.165) is 11.1 Å². The number of carbonyl (C=O) groups excluding carboxylic acids is 2. The molecule has 0 aliphatic carbocycles. The molecule has 156 valence electrons. The average molecular weight is 417 g/mol. The van der Waals surface area contributed by atoms with E-state index in [1.807, 2.05) is 43.3 Å². The van der Waals surface area contributed by atoms with Crippen LogP contribution in [0, 0.1) is 0 Å². The molecule has 0 saturated carbocycles. The number of hydrogen-bond donors (Lipinski definition) is 1. The lowest BCUT2D eigenvalue weighted by atomic mass is 10.0. The number of hydrogen-bond acceptors (Lipinski definition) is 3. The molecule has 0 aliphatic heterocycles. The molecule has 2 aromatic carbocycles. The largest absolute Gasteiger partial charge is 0.483 e. The Balaban J connectivity index is 2.21. The molecule has 2 rings (SSSR count). The van der Waals surface area contributed by atoms with Crippen molar-refractivity contribution in [3.8, 4) is 5.75 Å². The molecule has 29 heavy (non-hydrogen) atoms. The lowest BCUT2D eigenvalue weighted by Gasteiger charge is -2.30. The third-order valence-electron chi connectivity index (χ3n) is 4.79. The van der Waals surface area contributed by atoms with Gasteiger partial charge in [0.05, 0.1) is 0 Å². The lowest BCUT2D eigenvalue weighted by molar-refractivity contribution is -0.142.